The lowest BCUT2D eigenvalue weighted by atomic mass is 10.1. The molecular weight excluding hydrogens is 331 g/mol. The van der Waals surface area contributed by atoms with Gasteiger partial charge in [0.2, 0.25) is 0 Å². The van der Waals surface area contributed by atoms with Crippen LogP contribution in [0.5, 0.6) is 0 Å². The van der Waals surface area contributed by atoms with Gasteiger partial charge in [0.1, 0.15) is 6.54 Å². The maximum Gasteiger partial charge on any atom is 0.406 e. The third-order valence-corrected chi connectivity index (χ3v) is 3.99. The molecule has 0 bridgehead atoms. The molecule has 0 saturated heterocycles. The summed E-state index contributed by atoms with van der Waals surface area (Å²) in [6.07, 6.45) is -4.59. The zero-order valence-corrected chi connectivity index (χ0v) is 12.8. The number of nitrogens with zero attached hydrogens (tertiary/aromatic N) is 1. The number of rotatable bonds is 4. The van der Waals surface area contributed by atoms with Crippen LogP contribution in [-0.4, -0.2) is 38.0 Å². The van der Waals surface area contributed by atoms with E-state index in [9.17, 15) is 26.4 Å². The van der Waals surface area contributed by atoms with E-state index in [0.29, 0.717) is 4.90 Å². The van der Waals surface area contributed by atoms with Crippen molar-refractivity contribution in [1.82, 2.24) is 4.90 Å². The van der Waals surface area contributed by atoms with E-state index in [2.05, 4.69) is 0 Å². The van der Waals surface area contributed by atoms with E-state index >= 15 is 0 Å². The molecule has 0 aliphatic carbocycles. The maximum absolute atomic E-state index is 12.5. The highest BCUT2D eigenvalue weighted by Gasteiger charge is 2.35. The first-order valence-electron chi connectivity index (χ1n) is 5.85. The molecule has 4 nitrogen and oxygen atoms in total. The number of carbonyl (C=O) groups excluding carboxylic acids is 1. The van der Waals surface area contributed by atoms with Crippen LogP contribution in [0.4, 0.5) is 13.2 Å². The van der Waals surface area contributed by atoms with E-state index < -0.39 is 38.6 Å². The molecule has 0 spiro atoms. The number of benzene rings is 1. The van der Waals surface area contributed by atoms with Gasteiger partial charge in [0.25, 0.3) is 15.0 Å². The molecule has 9 heteroatoms. The molecule has 1 aromatic carbocycles. The third-order valence-electron chi connectivity index (χ3n) is 2.61. The van der Waals surface area contributed by atoms with Crippen LogP contribution in [-0.2, 0) is 9.05 Å². The number of amides is 1. The van der Waals surface area contributed by atoms with Gasteiger partial charge in [-0.25, -0.2) is 8.42 Å². The molecule has 1 rings (SSSR count). The fraction of sp³-hybridized carbons (Fsp3) is 0.417. The molecule has 0 saturated carbocycles. The molecule has 0 aliphatic rings. The van der Waals surface area contributed by atoms with Crippen LogP contribution < -0.4 is 0 Å². The van der Waals surface area contributed by atoms with Gasteiger partial charge in [-0.1, -0.05) is 12.1 Å². The fourth-order valence-electron chi connectivity index (χ4n) is 1.69. The summed E-state index contributed by atoms with van der Waals surface area (Å²) in [6, 6.07) is 4.12. The van der Waals surface area contributed by atoms with E-state index in [1.165, 1.54) is 26.0 Å². The lowest BCUT2D eigenvalue weighted by Gasteiger charge is -2.28. The quantitative estimate of drug-likeness (QED) is 0.790. The monoisotopic (exact) mass is 343 g/mol. The Hall–Kier alpha value is -1.28. The number of hydrogen-bond donors (Lipinski definition) is 0. The molecule has 0 atom stereocenters. The van der Waals surface area contributed by atoms with Crippen LogP contribution in [0.15, 0.2) is 29.2 Å². The molecule has 118 valence electrons. The zero-order valence-electron chi connectivity index (χ0n) is 11.2. The molecule has 0 heterocycles. The molecule has 0 N–H and O–H groups in total. The first-order valence-corrected chi connectivity index (χ1v) is 8.16. The predicted octanol–water partition coefficient (Wildman–Crippen LogP) is 3.03. The highest BCUT2D eigenvalue weighted by Crippen LogP contribution is 2.24. The smallest absolute Gasteiger partial charge is 0.327 e. The normalized spacial score (nSPS) is 12.5. The second-order valence-corrected chi connectivity index (χ2v) is 7.11. The molecule has 0 fully saturated rings. The summed E-state index contributed by atoms with van der Waals surface area (Å²) in [5.41, 5.74) is -0.384. The zero-order chi connectivity index (χ0) is 16.4. The van der Waals surface area contributed by atoms with Gasteiger partial charge >= 0.3 is 6.18 Å². The molecule has 0 radical (unpaired) electrons. The van der Waals surface area contributed by atoms with Crippen LogP contribution in [0.2, 0.25) is 0 Å². The van der Waals surface area contributed by atoms with Crippen LogP contribution in [0.25, 0.3) is 0 Å². The van der Waals surface area contributed by atoms with Crippen LogP contribution in [0.3, 0.4) is 0 Å². The Kier molecular flexibility index (Phi) is 5.27. The summed E-state index contributed by atoms with van der Waals surface area (Å²) in [5, 5.41) is 0. The van der Waals surface area contributed by atoms with Crippen molar-refractivity contribution in [3.63, 3.8) is 0 Å². The number of alkyl halides is 3. The van der Waals surface area contributed by atoms with E-state index in [-0.39, 0.29) is 5.56 Å². The van der Waals surface area contributed by atoms with Crippen molar-refractivity contribution in [1.29, 1.82) is 0 Å². The summed E-state index contributed by atoms with van der Waals surface area (Å²) in [5.74, 6) is -1.04. The average Bonchev–Trinajstić information content (AvgIpc) is 2.33. The van der Waals surface area contributed by atoms with Gasteiger partial charge < -0.3 is 4.90 Å². The second kappa shape index (κ2) is 6.23. The second-order valence-electron chi connectivity index (χ2n) is 4.58. The van der Waals surface area contributed by atoms with Gasteiger partial charge in [-0.2, -0.15) is 13.2 Å². The topological polar surface area (TPSA) is 54.5 Å². The molecular formula is C12H13ClF3NO3S. The Labute approximate surface area is 124 Å². The summed E-state index contributed by atoms with van der Waals surface area (Å²) >= 11 is 0. The summed E-state index contributed by atoms with van der Waals surface area (Å²) in [6.45, 7) is 1.34. The number of carbonyl (C=O) groups is 1. The largest absolute Gasteiger partial charge is 0.406 e. The highest BCUT2D eigenvalue weighted by molar-refractivity contribution is 8.13. The van der Waals surface area contributed by atoms with Gasteiger partial charge in [0, 0.05) is 16.7 Å². The van der Waals surface area contributed by atoms with E-state index in [4.69, 9.17) is 10.7 Å². The minimum Gasteiger partial charge on any atom is -0.327 e. The Morgan fingerprint density at radius 2 is 1.81 bits per heavy atom. The maximum atomic E-state index is 12.5. The van der Waals surface area contributed by atoms with Crippen molar-refractivity contribution < 1.29 is 26.4 Å². The number of hydrogen-bond acceptors (Lipinski definition) is 3. The van der Waals surface area contributed by atoms with Gasteiger partial charge in [-0.05, 0) is 26.0 Å². The Morgan fingerprint density at radius 3 is 2.24 bits per heavy atom. The van der Waals surface area contributed by atoms with E-state index in [1.54, 1.807) is 0 Å². The Bertz CT molecular complexity index is 629. The van der Waals surface area contributed by atoms with Crippen molar-refractivity contribution in [3.05, 3.63) is 29.8 Å². The SMILES string of the molecule is CC(C)N(CC(F)(F)F)C(=O)c1ccccc1S(=O)(=O)Cl. The molecule has 0 aromatic heterocycles. The summed E-state index contributed by atoms with van der Waals surface area (Å²) < 4.78 is 60.4. The Balaban J connectivity index is 3.29. The Morgan fingerprint density at radius 1 is 1.29 bits per heavy atom. The van der Waals surface area contributed by atoms with Crippen LogP contribution in [0, 0.1) is 0 Å². The minimum atomic E-state index is -4.59. The molecule has 0 unspecified atom stereocenters. The molecule has 1 aromatic rings. The molecule has 21 heavy (non-hydrogen) atoms. The van der Waals surface area contributed by atoms with Crippen molar-refractivity contribution in [3.8, 4) is 0 Å². The standard InChI is InChI=1S/C12H13ClF3NO3S/c1-8(2)17(7-12(14,15)16)11(18)9-5-3-4-6-10(9)21(13,19)20/h3-6,8H,7H2,1-2H3. The summed E-state index contributed by atoms with van der Waals surface area (Å²) in [4.78, 5) is 12.3. The van der Waals surface area contributed by atoms with Gasteiger partial charge in [0.05, 0.1) is 10.5 Å². The molecule has 1 amide bonds. The van der Waals surface area contributed by atoms with Crippen molar-refractivity contribution in [2.24, 2.45) is 0 Å². The summed E-state index contributed by atoms with van der Waals surface area (Å²) in [7, 11) is 0.966. The van der Waals surface area contributed by atoms with Crippen LogP contribution >= 0.6 is 10.7 Å². The predicted molar refractivity (Wildman–Crippen MR) is 71.7 cm³/mol. The molecule has 0 aliphatic heterocycles. The first kappa shape index (κ1) is 17.8. The highest BCUT2D eigenvalue weighted by atomic mass is 35.7. The lowest BCUT2D eigenvalue weighted by molar-refractivity contribution is -0.143. The average molecular weight is 344 g/mol. The van der Waals surface area contributed by atoms with Gasteiger partial charge in [0.15, 0.2) is 0 Å². The fourth-order valence-corrected chi connectivity index (χ4v) is 2.76. The van der Waals surface area contributed by atoms with Crippen LogP contribution in [0.1, 0.15) is 24.2 Å². The van der Waals surface area contributed by atoms with Gasteiger partial charge in [-0.15, -0.1) is 0 Å². The first-order chi connectivity index (χ1) is 9.43. The van der Waals surface area contributed by atoms with Crippen molar-refractivity contribution in [2.45, 2.75) is 31.0 Å². The van der Waals surface area contributed by atoms with Crippen molar-refractivity contribution >= 4 is 25.6 Å². The lowest BCUT2D eigenvalue weighted by Crippen LogP contribution is -2.43. The van der Waals surface area contributed by atoms with Crippen molar-refractivity contribution in [2.75, 3.05) is 6.54 Å². The van der Waals surface area contributed by atoms with E-state index in [0.717, 1.165) is 12.1 Å². The third kappa shape index (κ3) is 4.89. The number of halogens is 4. The minimum absolute atomic E-state index is 0.384. The van der Waals surface area contributed by atoms with E-state index in [1.807, 2.05) is 0 Å². The van der Waals surface area contributed by atoms with Gasteiger partial charge in [-0.3, -0.25) is 4.79 Å².